The first-order valence-corrected chi connectivity index (χ1v) is 3.10. The number of hydrogen-bond acceptors (Lipinski definition) is 4. The van der Waals surface area contributed by atoms with E-state index in [2.05, 4.69) is 0 Å². The van der Waals surface area contributed by atoms with Crippen molar-refractivity contribution in [2.45, 2.75) is 0 Å². The smallest absolute Gasteiger partial charge is 0.750 e. The maximum absolute atomic E-state index is 8.56. The van der Waals surface area contributed by atoms with E-state index in [0.29, 0.717) is 0 Å². The molecule has 0 saturated heterocycles. The van der Waals surface area contributed by atoms with Crippen molar-refractivity contribution in [2.75, 3.05) is 0 Å². The fraction of sp³-hybridized carbons (Fsp3) is 0. The molecule has 0 amide bonds. The molecule has 0 spiro atoms. The third-order valence-corrected chi connectivity index (χ3v) is 0. The maximum atomic E-state index is 8.56. The van der Waals surface area contributed by atoms with E-state index in [4.69, 9.17) is 26.6 Å². The second kappa shape index (κ2) is 17.6. The van der Waals surface area contributed by atoms with Gasteiger partial charge in [-0.1, -0.05) is 0 Å². The van der Waals surface area contributed by atoms with Gasteiger partial charge in [-0.05, 0) is 0 Å². The minimum atomic E-state index is -2.86. The normalized spacial score (nSPS) is 12.4. The molecule has 10 heteroatoms. The minimum Gasteiger partial charge on any atom is -0.750 e. The molecule has 10 heavy (non-hydrogen) atoms. The fourth-order valence-corrected chi connectivity index (χ4v) is 0. The van der Waals surface area contributed by atoms with Crippen LogP contribution in [0.15, 0.2) is 0 Å². The molecule has 0 aliphatic rings. The van der Waals surface area contributed by atoms with E-state index in [9.17, 15) is 0 Å². The van der Waals surface area contributed by atoms with Crippen LogP contribution in [0.5, 0.6) is 0 Å². The Balaban J connectivity index is -0.0000000300. The molecule has 2 atom stereocenters. The zero-order valence-electron chi connectivity index (χ0n) is 5.05. The standard InChI is InChI=1S/K.Mg.2H2O3S/c;;2*1-4(2)3/h;;2*(H2,1,2,3)/q+1;+2;;/p-2. The minimum absolute atomic E-state index is 0. The monoisotopic (exact) mass is 225 g/mol. The average molecular weight is 226 g/mol. The second-order valence-corrected chi connectivity index (χ2v) is 1.30. The van der Waals surface area contributed by atoms with Gasteiger partial charge in [-0.15, -0.1) is 0 Å². The summed E-state index contributed by atoms with van der Waals surface area (Å²) in [6, 6.07) is 0. The van der Waals surface area contributed by atoms with Crippen LogP contribution in [0.4, 0.5) is 0 Å². The average Bonchev–Trinajstić information content (AvgIpc) is 1.25. The predicted molar refractivity (Wildman–Crippen MR) is 28.9 cm³/mol. The van der Waals surface area contributed by atoms with Crippen LogP contribution < -0.4 is 51.4 Å². The summed E-state index contributed by atoms with van der Waals surface area (Å²) in [5, 5.41) is 0. The van der Waals surface area contributed by atoms with E-state index in [1.165, 1.54) is 0 Å². The molecule has 2 unspecified atom stereocenters. The molecule has 0 aliphatic carbocycles. The zero-order valence-corrected chi connectivity index (χ0v) is 11.2. The Labute approximate surface area is 121 Å². The van der Waals surface area contributed by atoms with E-state index in [1.54, 1.807) is 0 Å². The van der Waals surface area contributed by atoms with Crippen molar-refractivity contribution in [2.24, 2.45) is 0 Å². The summed E-state index contributed by atoms with van der Waals surface area (Å²) >= 11 is -5.72. The molecular weight excluding hydrogens is 224 g/mol. The summed E-state index contributed by atoms with van der Waals surface area (Å²) in [5.41, 5.74) is 0. The molecule has 0 aromatic heterocycles. The Bertz CT molecular complexity index is 73.7. The summed E-state index contributed by atoms with van der Waals surface area (Å²) in [7, 11) is 0. The molecule has 0 radical (unpaired) electrons. The third-order valence-electron chi connectivity index (χ3n) is 0. The summed E-state index contributed by atoms with van der Waals surface area (Å²) in [5.74, 6) is 0. The molecule has 0 aromatic rings. The second-order valence-electron chi connectivity index (χ2n) is 0.434. The Kier molecular flexibility index (Phi) is 40.3. The van der Waals surface area contributed by atoms with Crippen molar-refractivity contribution in [3.8, 4) is 0 Å². The molecule has 52 valence electrons. The first-order valence-electron chi connectivity index (χ1n) is 1.03. The fourth-order valence-electron chi connectivity index (χ4n) is 0. The SMILES string of the molecule is O=S([O-])O.O=S([O-])O.[K+].[Mg+2]. The third kappa shape index (κ3) is 148. The zero-order chi connectivity index (χ0) is 7.15. The molecule has 0 rings (SSSR count). The summed E-state index contributed by atoms with van der Waals surface area (Å²) in [4.78, 5) is 0. The van der Waals surface area contributed by atoms with Crippen molar-refractivity contribution >= 4 is 45.8 Å². The van der Waals surface area contributed by atoms with Gasteiger partial charge >= 0.3 is 74.4 Å². The van der Waals surface area contributed by atoms with Gasteiger partial charge in [0.2, 0.25) is 0 Å². The van der Waals surface area contributed by atoms with E-state index in [1.807, 2.05) is 0 Å². The van der Waals surface area contributed by atoms with Crippen LogP contribution in [0.25, 0.3) is 0 Å². The largest absolute Gasteiger partial charge is 2.00 e. The van der Waals surface area contributed by atoms with Crippen molar-refractivity contribution in [1.82, 2.24) is 0 Å². The summed E-state index contributed by atoms with van der Waals surface area (Å²) in [6.45, 7) is 0. The Morgan fingerprint density at radius 2 is 1.00 bits per heavy atom. The maximum Gasteiger partial charge on any atom is 2.00 e. The Hall–Kier alpha value is 2.54. The van der Waals surface area contributed by atoms with Crippen LogP contribution in [-0.4, -0.2) is 49.7 Å². The van der Waals surface area contributed by atoms with Crippen LogP contribution in [0.1, 0.15) is 0 Å². The quantitative estimate of drug-likeness (QED) is 0.316. The van der Waals surface area contributed by atoms with Crippen LogP contribution in [-0.2, 0) is 22.7 Å². The molecule has 6 nitrogen and oxygen atoms in total. The first kappa shape index (κ1) is 22.9. The van der Waals surface area contributed by atoms with Gasteiger partial charge < -0.3 is 18.2 Å². The van der Waals surface area contributed by atoms with Crippen molar-refractivity contribution in [3.63, 3.8) is 0 Å². The predicted octanol–water partition coefficient (Wildman–Crippen LogP) is -4.70. The van der Waals surface area contributed by atoms with E-state index >= 15 is 0 Å². The summed E-state index contributed by atoms with van der Waals surface area (Å²) < 4.78 is 48.2. The number of hydrogen-bond donors (Lipinski definition) is 2. The van der Waals surface area contributed by atoms with Gasteiger partial charge in [-0.25, -0.2) is 8.42 Å². The van der Waals surface area contributed by atoms with Gasteiger partial charge in [0.15, 0.2) is 0 Å². The van der Waals surface area contributed by atoms with Gasteiger partial charge in [0.1, 0.15) is 0 Å². The van der Waals surface area contributed by atoms with E-state index in [0.717, 1.165) is 0 Å². The Morgan fingerprint density at radius 3 is 1.00 bits per heavy atom. The summed E-state index contributed by atoms with van der Waals surface area (Å²) in [6.07, 6.45) is 0. The topological polar surface area (TPSA) is 121 Å². The van der Waals surface area contributed by atoms with Crippen molar-refractivity contribution in [3.05, 3.63) is 0 Å². The van der Waals surface area contributed by atoms with Gasteiger partial charge in [-0.2, -0.15) is 0 Å². The molecular formula is H2KMgO6S2+. The van der Waals surface area contributed by atoms with Crippen LogP contribution in [0, 0.1) is 0 Å². The van der Waals surface area contributed by atoms with Crippen LogP contribution in [0.2, 0.25) is 0 Å². The molecule has 0 heterocycles. The first-order chi connectivity index (χ1) is 3.46. The molecule has 0 aromatic carbocycles. The van der Waals surface area contributed by atoms with Crippen LogP contribution in [0.3, 0.4) is 0 Å². The van der Waals surface area contributed by atoms with E-state index < -0.39 is 22.7 Å². The van der Waals surface area contributed by atoms with Gasteiger partial charge in [0, 0.05) is 0 Å². The number of rotatable bonds is 0. The molecule has 0 bridgehead atoms. The molecule has 0 saturated carbocycles. The molecule has 2 N–H and O–H groups in total. The molecule has 0 aliphatic heterocycles. The van der Waals surface area contributed by atoms with Gasteiger partial charge in [0.25, 0.3) is 0 Å². The Morgan fingerprint density at radius 1 is 1.00 bits per heavy atom. The van der Waals surface area contributed by atoms with Gasteiger partial charge in [0.05, 0.1) is 22.7 Å². The van der Waals surface area contributed by atoms with Crippen molar-refractivity contribution < 1.29 is 78.0 Å². The van der Waals surface area contributed by atoms with E-state index in [-0.39, 0.29) is 74.4 Å². The van der Waals surface area contributed by atoms with Crippen molar-refractivity contribution in [1.29, 1.82) is 0 Å². The van der Waals surface area contributed by atoms with Gasteiger partial charge in [-0.3, -0.25) is 0 Å². The van der Waals surface area contributed by atoms with Crippen LogP contribution >= 0.6 is 0 Å². The molecule has 0 fully saturated rings.